The standard InChI is InChI=1S/C4H13N3O2S/c5-2-1-4(6)3-7-10(8)9/h4,7H,1-3,5-6H2,(H,8,9). The molecule has 0 bridgehead atoms. The van der Waals surface area contributed by atoms with Crippen LogP contribution in [0.1, 0.15) is 6.42 Å². The van der Waals surface area contributed by atoms with E-state index in [2.05, 4.69) is 4.72 Å². The molecule has 0 aromatic rings. The Hall–Kier alpha value is -0.0100. The van der Waals surface area contributed by atoms with E-state index in [4.69, 9.17) is 16.0 Å². The molecule has 0 saturated carbocycles. The summed E-state index contributed by atoms with van der Waals surface area (Å²) in [7, 11) is 0. The summed E-state index contributed by atoms with van der Waals surface area (Å²) in [5.74, 6) is 0. The molecule has 0 heterocycles. The molecule has 0 rings (SSSR count). The number of hydrogen-bond acceptors (Lipinski definition) is 3. The summed E-state index contributed by atoms with van der Waals surface area (Å²) < 4.78 is 20.5. The molecule has 6 heteroatoms. The zero-order chi connectivity index (χ0) is 7.98. The summed E-state index contributed by atoms with van der Waals surface area (Å²) in [6.07, 6.45) is 0.657. The minimum absolute atomic E-state index is 0.138. The Labute approximate surface area is 62.6 Å². The van der Waals surface area contributed by atoms with Gasteiger partial charge in [0, 0.05) is 12.6 Å². The summed E-state index contributed by atoms with van der Waals surface area (Å²) in [5.41, 5.74) is 10.6. The van der Waals surface area contributed by atoms with Crippen molar-refractivity contribution in [2.75, 3.05) is 13.1 Å². The second-order valence-electron chi connectivity index (χ2n) is 1.94. The molecule has 0 spiro atoms. The molecule has 0 fully saturated rings. The first-order valence-electron chi connectivity index (χ1n) is 2.96. The zero-order valence-electron chi connectivity index (χ0n) is 5.62. The highest BCUT2D eigenvalue weighted by molar-refractivity contribution is 7.77. The van der Waals surface area contributed by atoms with Gasteiger partial charge in [0.25, 0.3) is 0 Å². The van der Waals surface area contributed by atoms with Crippen LogP contribution >= 0.6 is 0 Å². The third-order valence-electron chi connectivity index (χ3n) is 1.01. The van der Waals surface area contributed by atoms with Crippen LogP contribution in [0.4, 0.5) is 0 Å². The zero-order valence-corrected chi connectivity index (χ0v) is 6.43. The molecule has 0 aromatic heterocycles. The molecule has 0 aliphatic carbocycles. The van der Waals surface area contributed by atoms with Crippen LogP contribution in [-0.2, 0) is 11.3 Å². The van der Waals surface area contributed by atoms with E-state index in [0.717, 1.165) is 0 Å². The molecule has 0 aliphatic rings. The summed E-state index contributed by atoms with van der Waals surface area (Å²) >= 11 is -1.96. The fourth-order valence-electron chi connectivity index (χ4n) is 0.494. The van der Waals surface area contributed by atoms with Crippen LogP contribution in [0.5, 0.6) is 0 Å². The lowest BCUT2D eigenvalue weighted by Crippen LogP contribution is -2.36. The van der Waals surface area contributed by atoms with E-state index >= 15 is 0 Å². The summed E-state index contributed by atoms with van der Waals surface area (Å²) in [6, 6.07) is -0.138. The topological polar surface area (TPSA) is 101 Å². The van der Waals surface area contributed by atoms with Crippen LogP contribution in [0.3, 0.4) is 0 Å². The fourth-order valence-corrected chi connectivity index (χ4v) is 0.851. The van der Waals surface area contributed by atoms with Crippen molar-refractivity contribution >= 4 is 11.3 Å². The molecule has 6 N–H and O–H groups in total. The number of hydrogen-bond donors (Lipinski definition) is 4. The average molecular weight is 167 g/mol. The molecule has 0 radical (unpaired) electrons. The Morgan fingerprint density at radius 1 is 1.70 bits per heavy atom. The van der Waals surface area contributed by atoms with Gasteiger partial charge in [0.2, 0.25) is 11.3 Å². The molecular weight excluding hydrogens is 154 g/mol. The number of rotatable bonds is 5. The van der Waals surface area contributed by atoms with Gasteiger partial charge in [0.05, 0.1) is 0 Å². The van der Waals surface area contributed by atoms with Gasteiger partial charge in [-0.05, 0) is 13.0 Å². The minimum Gasteiger partial charge on any atom is -0.330 e. The van der Waals surface area contributed by atoms with Crippen molar-refractivity contribution in [2.24, 2.45) is 11.5 Å². The van der Waals surface area contributed by atoms with Gasteiger partial charge in [-0.25, -0.2) is 8.93 Å². The highest BCUT2D eigenvalue weighted by atomic mass is 32.2. The van der Waals surface area contributed by atoms with E-state index in [1.165, 1.54) is 0 Å². The summed E-state index contributed by atoms with van der Waals surface area (Å²) in [4.78, 5) is 0. The Morgan fingerprint density at radius 2 is 2.30 bits per heavy atom. The van der Waals surface area contributed by atoms with Gasteiger partial charge in [-0.2, -0.15) is 0 Å². The first-order chi connectivity index (χ1) is 4.66. The predicted molar refractivity (Wildman–Crippen MR) is 40.4 cm³/mol. The summed E-state index contributed by atoms with van der Waals surface area (Å²) in [5, 5.41) is 0. The van der Waals surface area contributed by atoms with Crippen LogP contribution in [0.15, 0.2) is 0 Å². The monoisotopic (exact) mass is 167 g/mol. The van der Waals surface area contributed by atoms with Gasteiger partial charge in [-0.3, -0.25) is 4.55 Å². The number of nitrogens with two attached hydrogens (primary N) is 2. The van der Waals surface area contributed by atoms with Crippen molar-refractivity contribution in [3.63, 3.8) is 0 Å². The van der Waals surface area contributed by atoms with Gasteiger partial charge in [0.1, 0.15) is 0 Å². The van der Waals surface area contributed by atoms with Crippen LogP contribution in [-0.4, -0.2) is 27.9 Å². The van der Waals surface area contributed by atoms with Gasteiger partial charge >= 0.3 is 0 Å². The second-order valence-corrected chi connectivity index (χ2v) is 2.72. The smallest absolute Gasteiger partial charge is 0.231 e. The molecule has 0 saturated heterocycles. The van der Waals surface area contributed by atoms with E-state index in [0.29, 0.717) is 19.5 Å². The summed E-state index contributed by atoms with van der Waals surface area (Å²) in [6.45, 7) is 0.821. The lowest BCUT2D eigenvalue weighted by molar-refractivity contribution is 0.533. The minimum atomic E-state index is -1.96. The maximum atomic E-state index is 10.0. The van der Waals surface area contributed by atoms with E-state index in [-0.39, 0.29) is 6.04 Å². The predicted octanol–water partition coefficient (Wildman–Crippen LogP) is -1.61. The van der Waals surface area contributed by atoms with Gasteiger partial charge in [-0.1, -0.05) is 0 Å². The van der Waals surface area contributed by atoms with E-state index in [1.807, 2.05) is 0 Å². The molecule has 0 aliphatic heterocycles. The van der Waals surface area contributed by atoms with E-state index in [1.54, 1.807) is 0 Å². The highest BCUT2D eigenvalue weighted by Gasteiger charge is 2.00. The normalized spacial score (nSPS) is 16.7. The van der Waals surface area contributed by atoms with Crippen LogP contribution < -0.4 is 16.2 Å². The van der Waals surface area contributed by atoms with Crippen LogP contribution in [0, 0.1) is 0 Å². The van der Waals surface area contributed by atoms with Crippen molar-refractivity contribution in [1.29, 1.82) is 0 Å². The van der Waals surface area contributed by atoms with Crippen LogP contribution in [0.2, 0.25) is 0 Å². The van der Waals surface area contributed by atoms with Crippen molar-refractivity contribution in [2.45, 2.75) is 12.5 Å². The number of nitrogens with one attached hydrogen (secondary N) is 1. The lowest BCUT2D eigenvalue weighted by atomic mass is 10.2. The van der Waals surface area contributed by atoms with E-state index in [9.17, 15) is 4.21 Å². The first-order valence-corrected chi connectivity index (χ1v) is 4.07. The Balaban J connectivity index is 3.21. The average Bonchev–Trinajstić information content (AvgIpc) is 1.85. The molecule has 62 valence electrons. The second kappa shape index (κ2) is 5.75. The molecule has 10 heavy (non-hydrogen) atoms. The quantitative estimate of drug-likeness (QED) is 0.370. The maximum absolute atomic E-state index is 10.0. The lowest BCUT2D eigenvalue weighted by Gasteiger charge is -2.07. The maximum Gasteiger partial charge on any atom is 0.231 e. The Kier molecular flexibility index (Phi) is 5.74. The van der Waals surface area contributed by atoms with E-state index < -0.39 is 11.3 Å². The fraction of sp³-hybridized carbons (Fsp3) is 1.00. The molecule has 0 amide bonds. The Bertz CT molecular complexity index is 111. The molecular formula is C4H13N3O2S. The van der Waals surface area contributed by atoms with Gasteiger partial charge in [0.15, 0.2) is 0 Å². The van der Waals surface area contributed by atoms with Gasteiger partial charge in [-0.15, -0.1) is 0 Å². The third kappa shape index (κ3) is 6.12. The SMILES string of the molecule is NCCC(N)CNS(=O)O. The van der Waals surface area contributed by atoms with Crippen molar-refractivity contribution in [3.05, 3.63) is 0 Å². The molecule has 2 unspecified atom stereocenters. The van der Waals surface area contributed by atoms with Gasteiger partial charge < -0.3 is 11.5 Å². The van der Waals surface area contributed by atoms with Crippen molar-refractivity contribution in [1.82, 2.24) is 4.72 Å². The van der Waals surface area contributed by atoms with Crippen molar-refractivity contribution < 1.29 is 8.76 Å². The Morgan fingerprint density at radius 3 is 2.70 bits per heavy atom. The molecule has 2 atom stereocenters. The highest BCUT2D eigenvalue weighted by Crippen LogP contribution is 1.81. The third-order valence-corrected chi connectivity index (χ3v) is 1.42. The largest absolute Gasteiger partial charge is 0.330 e. The first kappa shape index (κ1) is 9.99. The van der Waals surface area contributed by atoms with Crippen molar-refractivity contribution in [3.8, 4) is 0 Å². The molecule has 5 nitrogen and oxygen atoms in total. The molecule has 0 aromatic carbocycles. The van der Waals surface area contributed by atoms with Crippen LogP contribution in [0.25, 0.3) is 0 Å².